The monoisotopic (exact) mass is 360 g/mol. The average Bonchev–Trinajstić information content (AvgIpc) is 2.46. The maximum atomic E-state index is 12.1. The van der Waals surface area contributed by atoms with Crippen molar-refractivity contribution in [1.29, 1.82) is 0 Å². The molecule has 0 radical (unpaired) electrons. The number of benzene rings is 1. The lowest BCUT2D eigenvalue weighted by molar-refractivity contribution is -0.385. The molecule has 1 aromatic carbocycles. The molecule has 0 aliphatic rings. The molecule has 0 heterocycles. The molecule has 0 bridgehead atoms. The zero-order valence-corrected chi connectivity index (χ0v) is 13.4. The SMILES string of the molecule is COCC(CCBr)NC(=O)c1ccc(OC)c([N+](=O)[O-])c1. The Balaban J connectivity index is 2.91. The molecule has 116 valence electrons. The quantitative estimate of drug-likeness (QED) is 0.435. The Morgan fingerprint density at radius 1 is 1.48 bits per heavy atom. The van der Waals surface area contributed by atoms with Crippen molar-refractivity contribution in [3.8, 4) is 5.75 Å². The second-order valence-electron chi connectivity index (χ2n) is 4.25. The maximum Gasteiger partial charge on any atom is 0.311 e. The summed E-state index contributed by atoms with van der Waals surface area (Å²) in [6.45, 7) is 0.371. The average molecular weight is 361 g/mol. The third-order valence-corrected chi connectivity index (χ3v) is 3.26. The number of nitrogens with one attached hydrogen (secondary N) is 1. The molecule has 0 aliphatic carbocycles. The number of nitrogens with zero attached hydrogens (tertiary/aromatic N) is 1. The first-order chi connectivity index (χ1) is 10.0. The fourth-order valence-corrected chi connectivity index (χ4v) is 2.33. The number of hydrogen-bond donors (Lipinski definition) is 1. The van der Waals surface area contributed by atoms with Crippen LogP contribution in [0.3, 0.4) is 0 Å². The largest absolute Gasteiger partial charge is 0.490 e. The van der Waals surface area contributed by atoms with Crippen molar-refractivity contribution < 1.29 is 19.2 Å². The molecule has 0 fully saturated rings. The van der Waals surface area contributed by atoms with Crippen LogP contribution < -0.4 is 10.1 Å². The minimum Gasteiger partial charge on any atom is -0.490 e. The van der Waals surface area contributed by atoms with Gasteiger partial charge in [0.1, 0.15) is 0 Å². The van der Waals surface area contributed by atoms with Gasteiger partial charge < -0.3 is 14.8 Å². The Hall–Kier alpha value is -1.67. The van der Waals surface area contributed by atoms with Crippen molar-refractivity contribution in [2.24, 2.45) is 0 Å². The molecule has 0 spiro atoms. The number of alkyl halides is 1. The van der Waals surface area contributed by atoms with Gasteiger partial charge >= 0.3 is 5.69 Å². The molecular weight excluding hydrogens is 344 g/mol. The van der Waals surface area contributed by atoms with Gasteiger partial charge in [-0.05, 0) is 18.6 Å². The van der Waals surface area contributed by atoms with Crippen LogP contribution in [0.1, 0.15) is 16.8 Å². The van der Waals surface area contributed by atoms with Crippen LogP contribution in [-0.4, -0.2) is 43.0 Å². The summed E-state index contributed by atoms with van der Waals surface area (Å²) in [5, 5.41) is 14.4. The van der Waals surface area contributed by atoms with Crippen molar-refractivity contribution in [3.63, 3.8) is 0 Å². The van der Waals surface area contributed by atoms with Gasteiger partial charge in [0.15, 0.2) is 5.75 Å². The van der Waals surface area contributed by atoms with Gasteiger partial charge in [0.05, 0.1) is 24.7 Å². The van der Waals surface area contributed by atoms with Crippen LogP contribution in [0.15, 0.2) is 18.2 Å². The summed E-state index contributed by atoms with van der Waals surface area (Å²) in [7, 11) is 2.89. The molecule has 7 nitrogen and oxygen atoms in total. The predicted octanol–water partition coefficient (Wildman–Crippen LogP) is 2.13. The number of methoxy groups -OCH3 is 2. The first kappa shape index (κ1) is 17.4. The summed E-state index contributed by atoms with van der Waals surface area (Å²) in [6.07, 6.45) is 0.692. The number of nitro benzene ring substituents is 1. The Morgan fingerprint density at radius 2 is 2.19 bits per heavy atom. The minimum atomic E-state index is -0.583. The molecule has 21 heavy (non-hydrogen) atoms. The molecule has 1 unspecified atom stereocenters. The number of hydrogen-bond acceptors (Lipinski definition) is 5. The van der Waals surface area contributed by atoms with Gasteiger partial charge in [0.2, 0.25) is 0 Å². The summed E-state index contributed by atoms with van der Waals surface area (Å²) >= 11 is 3.30. The molecule has 0 aliphatic heterocycles. The van der Waals surface area contributed by atoms with E-state index >= 15 is 0 Å². The van der Waals surface area contributed by atoms with E-state index in [1.54, 1.807) is 7.11 Å². The predicted molar refractivity (Wildman–Crippen MR) is 81.2 cm³/mol. The number of carbonyl (C=O) groups excluding carboxylic acids is 1. The lowest BCUT2D eigenvalue weighted by atomic mass is 10.1. The van der Waals surface area contributed by atoms with Gasteiger partial charge in [-0.25, -0.2) is 0 Å². The molecule has 0 saturated carbocycles. The van der Waals surface area contributed by atoms with Gasteiger partial charge in [-0.3, -0.25) is 14.9 Å². The van der Waals surface area contributed by atoms with E-state index in [1.165, 1.54) is 25.3 Å². The standard InChI is InChI=1S/C13H17BrN2O5/c1-20-8-10(5-6-14)15-13(17)9-3-4-12(21-2)11(7-9)16(18)19/h3-4,7,10H,5-6,8H2,1-2H3,(H,15,17). The maximum absolute atomic E-state index is 12.1. The van der Waals surface area contributed by atoms with Crippen LogP contribution in [0.25, 0.3) is 0 Å². The Kier molecular flexibility index (Phi) is 7.10. The van der Waals surface area contributed by atoms with Gasteiger partial charge in [-0.15, -0.1) is 0 Å². The van der Waals surface area contributed by atoms with Gasteiger partial charge in [-0.1, -0.05) is 15.9 Å². The van der Waals surface area contributed by atoms with Crippen LogP contribution in [0.2, 0.25) is 0 Å². The topological polar surface area (TPSA) is 90.7 Å². The van der Waals surface area contributed by atoms with Crippen molar-refractivity contribution >= 4 is 27.5 Å². The molecule has 0 aromatic heterocycles. The van der Waals surface area contributed by atoms with E-state index in [1.807, 2.05) is 0 Å². The van der Waals surface area contributed by atoms with Crippen LogP contribution in [0, 0.1) is 10.1 Å². The number of rotatable bonds is 8. The molecule has 1 atom stereocenters. The normalized spacial score (nSPS) is 11.8. The van der Waals surface area contributed by atoms with E-state index < -0.39 is 4.92 Å². The zero-order chi connectivity index (χ0) is 15.8. The molecule has 1 rings (SSSR count). The molecule has 8 heteroatoms. The summed E-state index contributed by atoms with van der Waals surface area (Å²) in [6, 6.07) is 3.93. The van der Waals surface area contributed by atoms with Crippen LogP contribution in [0.5, 0.6) is 5.75 Å². The summed E-state index contributed by atoms with van der Waals surface area (Å²) < 4.78 is 9.93. The summed E-state index contributed by atoms with van der Waals surface area (Å²) in [4.78, 5) is 22.5. The van der Waals surface area contributed by atoms with Crippen LogP contribution in [0.4, 0.5) is 5.69 Å². The van der Waals surface area contributed by atoms with E-state index in [0.717, 1.165) is 0 Å². The highest BCUT2D eigenvalue weighted by Gasteiger charge is 2.19. The van der Waals surface area contributed by atoms with E-state index in [2.05, 4.69) is 21.2 Å². The highest BCUT2D eigenvalue weighted by Crippen LogP contribution is 2.27. The van der Waals surface area contributed by atoms with Crippen molar-refractivity contribution in [2.45, 2.75) is 12.5 Å². The van der Waals surface area contributed by atoms with Gasteiger partial charge in [0.25, 0.3) is 5.91 Å². The van der Waals surface area contributed by atoms with E-state index in [0.29, 0.717) is 18.4 Å². The van der Waals surface area contributed by atoms with Crippen LogP contribution >= 0.6 is 15.9 Å². The van der Waals surface area contributed by atoms with E-state index in [4.69, 9.17) is 9.47 Å². The second-order valence-corrected chi connectivity index (χ2v) is 5.04. The van der Waals surface area contributed by atoms with Gasteiger partial charge in [-0.2, -0.15) is 0 Å². The third-order valence-electron chi connectivity index (χ3n) is 2.80. The number of nitro groups is 1. The number of carbonyl (C=O) groups is 1. The molecule has 0 saturated heterocycles. The highest BCUT2D eigenvalue weighted by molar-refractivity contribution is 9.09. The molecule has 1 aromatic rings. The summed E-state index contributed by atoms with van der Waals surface area (Å²) in [5.74, 6) is -0.269. The third kappa shape index (κ3) is 4.98. The van der Waals surface area contributed by atoms with E-state index in [9.17, 15) is 14.9 Å². The van der Waals surface area contributed by atoms with Gasteiger partial charge in [0, 0.05) is 24.1 Å². The second kappa shape index (κ2) is 8.58. The first-order valence-electron chi connectivity index (χ1n) is 6.21. The lowest BCUT2D eigenvalue weighted by Crippen LogP contribution is -2.38. The minimum absolute atomic E-state index is 0.116. The number of halogens is 1. The highest BCUT2D eigenvalue weighted by atomic mass is 79.9. The molecule has 1 amide bonds. The summed E-state index contributed by atoms with van der Waals surface area (Å²) in [5.41, 5.74) is -0.0351. The number of amides is 1. The molecular formula is C13H17BrN2O5. The van der Waals surface area contributed by atoms with E-state index in [-0.39, 0.29) is 28.9 Å². The fraction of sp³-hybridized carbons (Fsp3) is 0.462. The smallest absolute Gasteiger partial charge is 0.311 e. The Morgan fingerprint density at radius 3 is 2.71 bits per heavy atom. The first-order valence-corrected chi connectivity index (χ1v) is 7.33. The zero-order valence-electron chi connectivity index (χ0n) is 11.8. The fourth-order valence-electron chi connectivity index (χ4n) is 1.77. The number of ether oxygens (including phenoxy) is 2. The molecule has 1 N–H and O–H groups in total. The lowest BCUT2D eigenvalue weighted by Gasteiger charge is -2.16. The van der Waals surface area contributed by atoms with Crippen molar-refractivity contribution in [1.82, 2.24) is 5.32 Å². The van der Waals surface area contributed by atoms with Crippen molar-refractivity contribution in [3.05, 3.63) is 33.9 Å². The van der Waals surface area contributed by atoms with Crippen LogP contribution in [-0.2, 0) is 4.74 Å². The Labute approximate surface area is 130 Å². The Bertz CT molecular complexity index is 503. The van der Waals surface area contributed by atoms with Crippen molar-refractivity contribution in [2.75, 3.05) is 26.2 Å².